The van der Waals surface area contributed by atoms with Crippen molar-refractivity contribution in [1.82, 2.24) is 20.0 Å². The molecule has 12 heteroatoms. The number of hydrogen-bond donors (Lipinski definition) is 5. The molecule has 0 amide bonds. The molecule has 33 heavy (non-hydrogen) atoms. The van der Waals surface area contributed by atoms with E-state index < -0.39 is 5.97 Å². The molecule has 0 aliphatic carbocycles. The first-order valence-electron chi connectivity index (χ1n) is 11.0. The second-order valence-electron chi connectivity index (χ2n) is 7.93. The number of benzene rings is 1. The molecule has 5 N–H and O–H groups in total. The molecular weight excluding hydrogens is 450 g/mol. The smallest absolute Gasteiger partial charge is 0.317 e. The zero-order valence-corrected chi connectivity index (χ0v) is 19.8. The van der Waals surface area contributed by atoms with Crippen LogP contribution in [0, 0.1) is 0 Å². The maximum atomic E-state index is 11.5. The third-order valence-corrected chi connectivity index (χ3v) is 5.97. The van der Waals surface area contributed by atoms with Crippen LogP contribution in [-0.2, 0) is 21.0 Å². The SMILES string of the molecule is CNC(=S)Nc1ccc(CC2CN(CC(=O)O)CCN(CCOO)CCN2CCOO)cc1. The van der Waals surface area contributed by atoms with Gasteiger partial charge in [-0.1, -0.05) is 12.1 Å². The van der Waals surface area contributed by atoms with Crippen molar-refractivity contribution in [1.29, 1.82) is 0 Å². The summed E-state index contributed by atoms with van der Waals surface area (Å²) in [5.74, 6) is -0.876. The minimum absolute atomic E-state index is 0.0192. The first-order valence-corrected chi connectivity index (χ1v) is 11.4. The Morgan fingerprint density at radius 2 is 1.70 bits per heavy atom. The first-order chi connectivity index (χ1) is 15.9. The van der Waals surface area contributed by atoms with Gasteiger partial charge in [-0.25, -0.2) is 9.78 Å². The molecule has 1 aromatic carbocycles. The molecule has 0 radical (unpaired) electrons. The molecular formula is C21H35N5O6S. The Hall–Kier alpha value is -1.90. The number of thiocarbonyl (C=S) groups is 1. The van der Waals surface area contributed by atoms with Gasteiger partial charge in [-0.15, -0.1) is 0 Å². The van der Waals surface area contributed by atoms with Crippen molar-refractivity contribution in [2.75, 3.05) is 77.9 Å². The summed E-state index contributed by atoms with van der Waals surface area (Å²) < 4.78 is 0. The van der Waals surface area contributed by atoms with Crippen LogP contribution >= 0.6 is 12.2 Å². The molecule has 0 spiro atoms. The van der Waals surface area contributed by atoms with Gasteiger partial charge in [0.25, 0.3) is 0 Å². The predicted octanol–water partition coefficient (Wildman–Crippen LogP) is 0.497. The Balaban J connectivity index is 2.19. The highest BCUT2D eigenvalue weighted by Gasteiger charge is 2.26. The van der Waals surface area contributed by atoms with Gasteiger partial charge in [0.05, 0.1) is 19.8 Å². The quantitative estimate of drug-likeness (QED) is 0.170. The molecule has 1 heterocycles. The van der Waals surface area contributed by atoms with Crippen LogP contribution < -0.4 is 10.6 Å². The summed E-state index contributed by atoms with van der Waals surface area (Å²) in [5, 5.41) is 33.6. The highest BCUT2D eigenvalue weighted by Crippen LogP contribution is 2.16. The van der Waals surface area contributed by atoms with Crippen LogP contribution in [0.25, 0.3) is 0 Å². The van der Waals surface area contributed by atoms with Gasteiger partial charge in [-0.05, 0) is 36.3 Å². The lowest BCUT2D eigenvalue weighted by molar-refractivity contribution is -0.245. The molecule has 0 bridgehead atoms. The highest BCUT2D eigenvalue weighted by atomic mass is 32.1. The largest absolute Gasteiger partial charge is 0.480 e. The van der Waals surface area contributed by atoms with Gasteiger partial charge in [0.15, 0.2) is 5.11 Å². The molecule has 0 aromatic heterocycles. The molecule has 11 nitrogen and oxygen atoms in total. The van der Waals surface area contributed by atoms with Gasteiger partial charge >= 0.3 is 5.97 Å². The van der Waals surface area contributed by atoms with Crippen LogP contribution in [0.1, 0.15) is 5.56 Å². The predicted molar refractivity (Wildman–Crippen MR) is 128 cm³/mol. The normalized spacial score (nSPS) is 18.8. The third kappa shape index (κ3) is 10.3. The van der Waals surface area contributed by atoms with Crippen LogP contribution in [0.5, 0.6) is 0 Å². The van der Waals surface area contributed by atoms with Crippen molar-refractivity contribution in [3.8, 4) is 0 Å². The molecule has 1 atom stereocenters. The molecule has 2 rings (SSSR count). The van der Waals surface area contributed by atoms with Gasteiger partial charge < -0.3 is 15.7 Å². The summed E-state index contributed by atoms with van der Waals surface area (Å²) in [6.07, 6.45) is 0.706. The number of carbonyl (C=O) groups is 1. The van der Waals surface area contributed by atoms with E-state index in [9.17, 15) is 9.90 Å². The van der Waals surface area contributed by atoms with Crippen molar-refractivity contribution in [3.05, 3.63) is 29.8 Å². The fraction of sp³-hybridized carbons (Fsp3) is 0.619. The number of aliphatic carboxylic acids is 1. The highest BCUT2D eigenvalue weighted by molar-refractivity contribution is 7.80. The van der Waals surface area contributed by atoms with Gasteiger partial charge in [-0.3, -0.25) is 30.0 Å². The zero-order chi connectivity index (χ0) is 24.1. The van der Waals surface area contributed by atoms with Crippen LogP contribution in [0.3, 0.4) is 0 Å². The number of rotatable bonds is 11. The minimum atomic E-state index is -0.876. The average Bonchev–Trinajstić information content (AvgIpc) is 2.87. The number of carboxylic acid groups (broad SMARTS) is 1. The third-order valence-electron chi connectivity index (χ3n) is 5.66. The van der Waals surface area contributed by atoms with Crippen molar-refractivity contribution >= 4 is 29.0 Å². The van der Waals surface area contributed by atoms with E-state index in [1.165, 1.54) is 0 Å². The lowest BCUT2D eigenvalue weighted by Gasteiger charge is -2.34. The van der Waals surface area contributed by atoms with Crippen LogP contribution in [0.2, 0.25) is 0 Å². The van der Waals surface area contributed by atoms with E-state index in [-0.39, 0.29) is 25.8 Å². The summed E-state index contributed by atoms with van der Waals surface area (Å²) in [4.78, 5) is 26.3. The Morgan fingerprint density at radius 3 is 2.33 bits per heavy atom. The number of hydrogen-bond acceptors (Lipinski definition) is 9. The molecule has 1 unspecified atom stereocenters. The summed E-state index contributed by atoms with van der Waals surface area (Å²) in [6.45, 7) is 4.55. The van der Waals surface area contributed by atoms with Crippen LogP contribution in [0.15, 0.2) is 24.3 Å². The zero-order valence-electron chi connectivity index (χ0n) is 19.0. The summed E-state index contributed by atoms with van der Waals surface area (Å²) in [6, 6.07) is 7.99. The molecule has 1 aromatic rings. The molecule has 1 aliphatic rings. The first kappa shape index (κ1) is 27.3. The summed E-state index contributed by atoms with van der Waals surface area (Å²) in [5.41, 5.74) is 1.99. The standard InChI is InChI=1S/C21H35N5O6S/c1-22-21(33)23-18-4-2-17(3-5-18)14-19-15-25(16-20(27)28)7-6-24(10-12-31-29)8-9-26(19)11-13-32-30/h2-5,19,29-30H,6-16H2,1H3,(H,27,28)(H2,22,23,33). The number of carboxylic acids is 1. The summed E-state index contributed by atoms with van der Waals surface area (Å²) in [7, 11) is 1.76. The van der Waals surface area contributed by atoms with E-state index in [0.717, 1.165) is 17.8 Å². The molecule has 1 aliphatic heterocycles. The summed E-state index contributed by atoms with van der Waals surface area (Å²) >= 11 is 5.14. The van der Waals surface area contributed by atoms with E-state index in [0.29, 0.717) is 50.8 Å². The van der Waals surface area contributed by atoms with E-state index in [1.54, 1.807) is 7.05 Å². The average molecular weight is 486 g/mol. The Morgan fingerprint density at radius 1 is 1.06 bits per heavy atom. The fourth-order valence-corrected chi connectivity index (χ4v) is 4.03. The number of anilines is 1. The van der Waals surface area contributed by atoms with Gasteiger partial charge in [0.2, 0.25) is 0 Å². The van der Waals surface area contributed by atoms with E-state index >= 15 is 0 Å². The topological polar surface area (TPSA) is 130 Å². The second-order valence-corrected chi connectivity index (χ2v) is 8.34. The van der Waals surface area contributed by atoms with Crippen LogP contribution in [0.4, 0.5) is 5.69 Å². The van der Waals surface area contributed by atoms with Crippen molar-refractivity contribution in [3.63, 3.8) is 0 Å². The van der Waals surface area contributed by atoms with E-state index in [4.69, 9.17) is 22.7 Å². The lowest BCUT2D eigenvalue weighted by atomic mass is 10.0. The number of nitrogens with zero attached hydrogens (tertiary/aromatic N) is 3. The molecule has 186 valence electrons. The van der Waals surface area contributed by atoms with Crippen molar-refractivity contribution in [2.24, 2.45) is 0 Å². The van der Waals surface area contributed by atoms with Crippen LogP contribution in [-0.4, -0.2) is 120 Å². The Labute approximate surface area is 199 Å². The maximum absolute atomic E-state index is 11.5. The minimum Gasteiger partial charge on any atom is -0.480 e. The molecule has 1 fully saturated rings. The maximum Gasteiger partial charge on any atom is 0.317 e. The number of nitrogens with one attached hydrogen (secondary N) is 2. The Kier molecular flexibility index (Phi) is 12.5. The van der Waals surface area contributed by atoms with Gasteiger partial charge in [-0.2, -0.15) is 0 Å². The fourth-order valence-electron chi connectivity index (χ4n) is 3.92. The Bertz CT molecular complexity index is 726. The lowest BCUT2D eigenvalue weighted by Crippen LogP contribution is -2.48. The monoisotopic (exact) mass is 485 g/mol. The van der Waals surface area contributed by atoms with Crippen molar-refractivity contribution in [2.45, 2.75) is 12.5 Å². The molecule has 1 saturated heterocycles. The molecule has 0 saturated carbocycles. The van der Waals surface area contributed by atoms with E-state index in [2.05, 4.69) is 30.2 Å². The second kappa shape index (κ2) is 15.1. The van der Waals surface area contributed by atoms with Gasteiger partial charge in [0, 0.05) is 64.6 Å². The van der Waals surface area contributed by atoms with Crippen molar-refractivity contribution < 1.29 is 30.2 Å². The van der Waals surface area contributed by atoms with E-state index in [1.807, 2.05) is 29.2 Å². The van der Waals surface area contributed by atoms with Gasteiger partial charge in [0.1, 0.15) is 0 Å².